The summed E-state index contributed by atoms with van der Waals surface area (Å²) in [6.07, 6.45) is 31.6. The number of aliphatic hydroxyl groups is 3. The molecule has 0 aliphatic carbocycles. The number of rotatable bonds is 36. The van der Waals surface area contributed by atoms with Gasteiger partial charge in [0.05, 0.1) is 6.61 Å². The standard InChI is InChI=1S/C45H76O12S/c1-3-5-7-9-11-13-15-17-19-21-23-25-27-29-31-33-40(46)54-35-38(36-55-45-44(50)43(49)42(48)39(57-45)37-58(51,52)53)56-41(47)34-32-30-28-26-24-22-20-18-16-14-12-10-8-6-4-2/h4-5,7,9,11,13,15,17,19,38-39,42-45,48-50H,2-3,6,8,10,12,14,16,18,20-37H2,1H3,(H,51,52,53)/b7-5+,11-9+,15-13+,19-17+/t38-,39-,42-,43?,44?,45+/m1/s1. The first-order chi connectivity index (χ1) is 28.0. The summed E-state index contributed by atoms with van der Waals surface area (Å²) in [5.41, 5.74) is 0. The van der Waals surface area contributed by atoms with Crippen molar-refractivity contribution in [1.29, 1.82) is 0 Å². The van der Waals surface area contributed by atoms with Crippen molar-refractivity contribution in [3.8, 4) is 0 Å². The average Bonchev–Trinajstić information content (AvgIpc) is 3.18. The molecule has 1 aliphatic rings. The molecule has 1 rings (SSSR count). The second-order valence-electron chi connectivity index (χ2n) is 15.2. The monoisotopic (exact) mass is 841 g/mol. The Morgan fingerprint density at radius 1 is 0.638 bits per heavy atom. The molecule has 0 saturated carbocycles. The minimum absolute atomic E-state index is 0.155. The number of carbonyl (C=O) groups is 2. The highest BCUT2D eigenvalue weighted by atomic mass is 32.2. The number of aliphatic hydroxyl groups excluding tert-OH is 3. The van der Waals surface area contributed by atoms with Gasteiger partial charge in [-0.15, -0.1) is 6.58 Å². The third-order valence-corrected chi connectivity index (χ3v) is 10.6. The number of hydrogen-bond acceptors (Lipinski definition) is 11. The summed E-state index contributed by atoms with van der Waals surface area (Å²) in [6, 6.07) is 0. The molecular weight excluding hydrogens is 765 g/mol. The topological polar surface area (TPSA) is 186 Å². The molecule has 0 aromatic heterocycles. The molecule has 13 heteroatoms. The molecule has 12 nitrogen and oxygen atoms in total. The number of ether oxygens (including phenoxy) is 4. The minimum Gasteiger partial charge on any atom is -0.462 e. The maximum atomic E-state index is 12.8. The van der Waals surface area contributed by atoms with Gasteiger partial charge in [-0.25, -0.2) is 0 Å². The van der Waals surface area contributed by atoms with Crippen LogP contribution in [0.4, 0.5) is 0 Å². The van der Waals surface area contributed by atoms with Gasteiger partial charge in [0.1, 0.15) is 36.8 Å². The Morgan fingerprint density at radius 2 is 1.12 bits per heavy atom. The predicted octanol–water partition coefficient (Wildman–Crippen LogP) is 8.56. The van der Waals surface area contributed by atoms with Gasteiger partial charge in [0.15, 0.2) is 12.4 Å². The van der Waals surface area contributed by atoms with Crippen molar-refractivity contribution in [2.75, 3.05) is 19.0 Å². The van der Waals surface area contributed by atoms with Crippen LogP contribution in [0.5, 0.6) is 0 Å². The van der Waals surface area contributed by atoms with Crippen LogP contribution < -0.4 is 0 Å². The Bertz CT molecular complexity index is 1290. The molecule has 0 amide bonds. The Balaban J connectivity index is 2.47. The summed E-state index contributed by atoms with van der Waals surface area (Å²) in [4.78, 5) is 25.4. The molecule has 1 fully saturated rings. The molecule has 58 heavy (non-hydrogen) atoms. The lowest BCUT2D eigenvalue weighted by atomic mass is 10.00. The maximum absolute atomic E-state index is 12.8. The van der Waals surface area contributed by atoms with Crippen LogP contribution in [0.15, 0.2) is 61.3 Å². The Kier molecular flexibility index (Phi) is 32.3. The number of hydrogen-bond donors (Lipinski definition) is 4. The molecule has 6 atom stereocenters. The molecule has 0 bridgehead atoms. The van der Waals surface area contributed by atoms with Gasteiger partial charge in [-0.05, 0) is 44.9 Å². The zero-order valence-electron chi connectivity index (χ0n) is 35.2. The van der Waals surface area contributed by atoms with Crippen molar-refractivity contribution >= 4 is 22.1 Å². The molecule has 1 saturated heterocycles. The van der Waals surface area contributed by atoms with E-state index in [1.807, 2.05) is 42.5 Å². The molecule has 334 valence electrons. The second-order valence-corrected chi connectivity index (χ2v) is 16.7. The quantitative estimate of drug-likeness (QED) is 0.0155. The fraction of sp³-hybridized carbons (Fsp3) is 0.733. The van der Waals surface area contributed by atoms with Crippen molar-refractivity contribution in [3.05, 3.63) is 61.3 Å². The first-order valence-electron chi connectivity index (χ1n) is 21.9. The van der Waals surface area contributed by atoms with Crippen LogP contribution in [0.1, 0.15) is 155 Å². The van der Waals surface area contributed by atoms with E-state index in [-0.39, 0.29) is 19.4 Å². The van der Waals surface area contributed by atoms with Gasteiger partial charge in [0.2, 0.25) is 0 Å². The van der Waals surface area contributed by atoms with E-state index in [1.165, 1.54) is 57.8 Å². The largest absolute Gasteiger partial charge is 0.462 e. The highest BCUT2D eigenvalue weighted by Gasteiger charge is 2.46. The molecule has 1 heterocycles. The van der Waals surface area contributed by atoms with Gasteiger partial charge in [0.25, 0.3) is 10.1 Å². The molecule has 0 aromatic rings. The van der Waals surface area contributed by atoms with Gasteiger partial charge >= 0.3 is 11.9 Å². The predicted molar refractivity (Wildman–Crippen MR) is 229 cm³/mol. The third-order valence-electron chi connectivity index (χ3n) is 9.82. The zero-order valence-corrected chi connectivity index (χ0v) is 36.0. The van der Waals surface area contributed by atoms with Gasteiger partial charge in [-0.2, -0.15) is 8.42 Å². The van der Waals surface area contributed by atoms with Gasteiger partial charge < -0.3 is 34.3 Å². The summed E-state index contributed by atoms with van der Waals surface area (Å²) in [5.74, 6) is -2.02. The van der Waals surface area contributed by atoms with E-state index in [4.69, 9.17) is 18.9 Å². The first-order valence-corrected chi connectivity index (χ1v) is 23.5. The molecule has 1 aliphatic heterocycles. The maximum Gasteiger partial charge on any atom is 0.306 e. The van der Waals surface area contributed by atoms with E-state index in [9.17, 15) is 37.9 Å². The second kappa shape index (κ2) is 35.1. The zero-order chi connectivity index (χ0) is 42.7. The van der Waals surface area contributed by atoms with Gasteiger partial charge in [-0.3, -0.25) is 14.1 Å². The van der Waals surface area contributed by atoms with Crippen molar-refractivity contribution in [2.45, 2.75) is 191 Å². The highest BCUT2D eigenvalue weighted by molar-refractivity contribution is 7.85. The van der Waals surface area contributed by atoms with Gasteiger partial charge in [-0.1, -0.05) is 151 Å². The van der Waals surface area contributed by atoms with Crippen LogP contribution in [-0.2, 0) is 38.7 Å². The lowest BCUT2D eigenvalue weighted by Crippen LogP contribution is -2.60. The summed E-state index contributed by atoms with van der Waals surface area (Å²) >= 11 is 0. The van der Waals surface area contributed by atoms with Crippen LogP contribution in [0.25, 0.3) is 0 Å². The Hall–Kier alpha value is -2.65. The van der Waals surface area contributed by atoms with Crippen LogP contribution >= 0.6 is 0 Å². The van der Waals surface area contributed by atoms with E-state index in [0.29, 0.717) is 12.8 Å². The number of esters is 2. The van der Waals surface area contributed by atoms with E-state index < -0.39 is 71.2 Å². The van der Waals surface area contributed by atoms with Crippen molar-refractivity contribution in [2.24, 2.45) is 0 Å². The lowest BCUT2D eigenvalue weighted by molar-refractivity contribution is -0.297. The highest BCUT2D eigenvalue weighted by Crippen LogP contribution is 2.24. The fourth-order valence-electron chi connectivity index (χ4n) is 6.43. The van der Waals surface area contributed by atoms with Crippen molar-refractivity contribution in [1.82, 2.24) is 0 Å². The summed E-state index contributed by atoms with van der Waals surface area (Å²) < 4.78 is 54.0. The summed E-state index contributed by atoms with van der Waals surface area (Å²) in [5, 5.41) is 30.8. The number of unbranched alkanes of at least 4 members (excludes halogenated alkanes) is 18. The molecule has 0 aromatic carbocycles. The van der Waals surface area contributed by atoms with Crippen LogP contribution in [-0.4, -0.2) is 96.0 Å². The van der Waals surface area contributed by atoms with E-state index in [0.717, 1.165) is 64.2 Å². The Morgan fingerprint density at radius 3 is 1.66 bits per heavy atom. The molecular formula is C45H76O12S. The summed E-state index contributed by atoms with van der Waals surface area (Å²) in [7, 11) is -4.61. The van der Waals surface area contributed by atoms with E-state index in [1.54, 1.807) is 0 Å². The van der Waals surface area contributed by atoms with E-state index >= 15 is 0 Å². The SMILES string of the molecule is C=CCCCCCCCCCCCCCCCC(=O)O[C@H](COC(=O)CCCCCCC/C=C/C=C/C=C/C=C/CC)CO[C@H]1O[C@H](CS(=O)(=O)O)[C@@H](O)C(O)C1O. The van der Waals surface area contributed by atoms with Crippen LogP contribution in [0.3, 0.4) is 0 Å². The third kappa shape index (κ3) is 29.5. The van der Waals surface area contributed by atoms with Crippen molar-refractivity contribution < 1.29 is 56.8 Å². The number of allylic oxidation sites excluding steroid dienone is 9. The van der Waals surface area contributed by atoms with Crippen LogP contribution in [0.2, 0.25) is 0 Å². The van der Waals surface area contributed by atoms with E-state index in [2.05, 4.69) is 25.7 Å². The van der Waals surface area contributed by atoms with Gasteiger partial charge in [0, 0.05) is 12.8 Å². The smallest absolute Gasteiger partial charge is 0.306 e. The molecule has 0 radical (unpaired) electrons. The molecule has 2 unspecified atom stereocenters. The van der Waals surface area contributed by atoms with Crippen LogP contribution in [0, 0.1) is 0 Å². The minimum atomic E-state index is -4.61. The Labute approximate surface area is 349 Å². The molecule has 4 N–H and O–H groups in total. The lowest BCUT2D eigenvalue weighted by Gasteiger charge is -2.40. The average molecular weight is 841 g/mol. The number of carbonyl (C=O) groups excluding carboxylic acids is 2. The first kappa shape index (κ1) is 53.4. The summed E-state index contributed by atoms with van der Waals surface area (Å²) in [6.45, 7) is 5.12. The normalized spacial score (nSPS) is 20.7. The van der Waals surface area contributed by atoms with Crippen molar-refractivity contribution in [3.63, 3.8) is 0 Å². The fourth-order valence-corrected chi connectivity index (χ4v) is 7.12. The molecule has 0 spiro atoms.